The summed E-state index contributed by atoms with van der Waals surface area (Å²) < 4.78 is 10.0. The van der Waals surface area contributed by atoms with Crippen LogP contribution in [-0.4, -0.2) is 23.9 Å². The lowest BCUT2D eigenvalue weighted by molar-refractivity contribution is -0.384. The number of ether oxygens (including phenoxy) is 2. The Bertz CT molecular complexity index is 1030. The van der Waals surface area contributed by atoms with Gasteiger partial charge in [-0.25, -0.2) is 4.79 Å². The number of nitro groups is 1. The van der Waals surface area contributed by atoms with E-state index in [2.05, 4.69) is 15.3 Å². The number of methoxy groups -OCH3 is 1. The Morgan fingerprint density at radius 2 is 2.00 bits per heavy atom. The van der Waals surface area contributed by atoms with Gasteiger partial charge in [-0.2, -0.15) is 5.10 Å². The van der Waals surface area contributed by atoms with E-state index in [1.54, 1.807) is 25.1 Å². The van der Waals surface area contributed by atoms with E-state index in [9.17, 15) is 14.9 Å². The fraction of sp³-hybridized carbons (Fsp3) is 0.238. The summed E-state index contributed by atoms with van der Waals surface area (Å²) in [7, 11) is 1.21. The first-order valence-corrected chi connectivity index (χ1v) is 9.54. The monoisotopic (exact) mass is 429 g/mol. The van der Waals surface area contributed by atoms with Crippen molar-refractivity contribution in [2.45, 2.75) is 25.7 Å². The fourth-order valence-corrected chi connectivity index (χ4v) is 3.45. The number of hydrogen-bond donors (Lipinski definition) is 1. The zero-order chi connectivity index (χ0) is 21.7. The van der Waals surface area contributed by atoms with Gasteiger partial charge < -0.3 is 9.47 Å². The van der Waals surface area contributed by atoms with E-state index in [1.807, 2.05) is 18.2 Å². The first-order valence-electron chi connectivity index (χ1n) is 9.17. The van der Waals surface area contributed by atoms with Gasteiger partial charge in [-0.3, -0.25) is 15.5 Å². The molecule has 2 aromatic rings. The molecule has 0 saturated carbocycles. The number of hydrazone groups is 1. The number of hydrogen-bond acceptors (Lipinski definition) is 7. The molecule has 1 heterocycles. The number of nitro benzene ring substituents is 1. The minimum Gasteiger partial charge on any atom is -0.437 e. The highest BCUT2D eigenvalue weighted by Gasteiger charge is 2.32. The minimum absolute atomic E-state index is 0.0599. The lowest BCUT2D eigenvalue weighted by Crippen LogP contribution is -2.29. The van der Waals surface area contributed by atoms with Crippen molar-refractivity contribution in [1.82, 2.24) is 5.43 Å². The Morgan fingerprint density at radius 3 is 2.70 bits per heavy atom. The molecule has 0 bridgehead atoms. The summed E-state index contributed by atoms with van der Waals surface area (Å²) in [4.78, 5) is 22.6. The van der Waals surface area contributed by atoms with Gasteiger partial charge in [-0.1, -0.05) is 35.9 Å². The third-order valence-corrected chi connectivity index (χ3v) is 4.90. The summed E-state index contributed by atoms with van der Waals surface area (Å²) in [6.45, 7) is 1.71. The fourth-order valence-electron chi connectivity index (χ4n) is 3.24. The molecular weight excluding hydrogens is 410 g/mol. The molecule has 3 rings (SSSR count). The van der Waals surface area contributed by atoms with Crippen molar-refractivity contribution < 1.29 is 19.2 Å². The second kappa shape index (κ2) is 9.41. The van der Waals surface area contributed by atoms with Crippen LogP contribution >= 0.6 is 11.6 Å². The van der Waals surface area contributed by atoms with E-state index >= 15 is 0 Å². The van der Waals surface area contributed by atoms with Gasteiger partial charge in [0.25, 0.3) is 5.69 Å². The molecule has 1 aliphatic rings. The van der Waals surface area contributed by atoms with Crippen LogP contribution in [0.2, 0.25) is 5.02 Å². The van der Waals surface area contributed by atoms with Crippen molar-refractivity contribution in [2.75, 3.05) is 7.11 Å². The number of nitrogens with zero attached hydrogens (tertiary/aromatic N) is 2. The molecule has 156 valence electrons. The highest BCUT2D eigenvalue weighted by Crippen LogP contribution is 2.34. The summed E-state index contributed by atoms with van der Waals surface area (Å²) in [6.07, 6.45) is 0.275. The van der Waals surface area contributed by atoms with Crippen LogP contribution < -0.4 is 5.43 Å². The molecule has 1 unspecified atom stereocenters. The Labute approximate surface area is 178 Å². The standard InChI is InChI=1S/C21H20ClN3O5/c1-13-20(30-21(26)29-2)19(15-6-4-8-17(12-15)25(27)28)18(24-23-13)10-9-14-5-3-7-16(22)11-14/h3-8,11-12,19,23H,9-10H2,1-2H3. The topological polar surface area (TPSA) is 103 Å². The second-order valence-electron chi connectivity index (χ2n) is 6.68. The molecule has 0 radical (unpaired) electrons. The molecule has 9 heteroatoms. The normalized spacial score (nSPS) is 15.8. The summed E-state index contributed by atoms with van der Waals surface area (Å²) in [5.74, 6) is -0.289. The SMILES string of the molecule is COC(=O)OC1=C(C)NN=C(CCc2cccc(Cl)c2)C1c1cccc([N+](=O)[O-])c1. The van der Waals surface area contributed by atoms with Crippen molar-refractivity contribution >= 4 is 29.2 Å². The largest absolute Gasteiger partial charge is 0.513 e. The van der Waals surface area contributed by atoms with E-state index in [1.165, 1.54) is 19.2 Å². The number of non-ortho nitro benzene ring substituents is 1. The number of nitrogens with one attached hydrogen (secondary N) is 1. The highest BCUT2D eigenvalue weighted by molar-refractivity contribution is 6.30. The maximum atomic E-state index is 11.8. The van der Waals surface area contributed by atoms with Crippen LogP contribution in [0.25, 0.3) is 0 Å². The summed E-state index contributed by atoms with van der Waals surface area (Å²) in [5.41, 5.74) is 5.60. The molecule has 0 aliphatic carbocycles. The lowest BCUT2D eigenvalue weighted by Gasteiger charge is -2.27. The van der Waals surface area contributed by atoms with Crippen molar-refractivity contribution in [3.8, 4) is 0 Å². The molecule has 0 fully saturated rings. The molecular formula is C21H20ClN3O5. The number of carbonyl (C=O) groups is 1. The smallest absolute Gasteiger partial charge is 0.437 e. The Morgan fingerprint density at radius 1 is 1.23 bits per heavy atom. The predicted molar refractivity (Wildman–Crippen MR) is 112 cm³/mol. The van der Waals surface area contributed by atoms with Crippen molar-refractivity contribution in [1.29, 1.82) is 0 Å². The molecule has 0 amide bonds. The third-order valence-electron chi connectivity index (χ3n) is 4.67. The second-order valence-corrected chi connectivity index (χ2v) is 7.11. The van der Waals surface area contributed by atoms with E-state index in [4.69, 9.17) is 16.3 Å². The average Bonchev–Trinajstić information content (AvgIpc) is 2.74. The predicted octanol–water partition coefficient (Wildman–Crippen LogP) is 4.94. The van der Waals surface area contributed by atoms with Crippen LogP contribution in [0.4, 0.5) is 10.5 Å². The molecule has 0 saturated heterocycles. The molecule has 2 aromatic carbocycles. The van der Waals surface area contributed by atoms with Crippen LogP contribution in [0.3, 0.4) is 0 Å². The van der Waals surface area contributed by atoms with Crippen LogP contribution in [0, 0.1) is 10.1 Å². The van der Waals surface area contributed by atoms with Gasteiger partial charge in [0.15, 0.2) is 0 Å². The van der Waals surface area contributed by atoms with Gasteiger partial charge in [0, 0.05) is 17.2 Å². The number of benzene rings is 2. The zero-order valence-electron chi connectivity index (χ0n) is 16.4. The highest BCUT2D eigenvalue weighted by atomic mass is 35.5. The van der Waals surface area contributed by atoms with Gasteiger partial charge in [-0.15, -0.1) is 0 Å². The van der Waals surface area contributed by atoms with E-state index in [-0.39, 0.29) is 5.69 Å². The van der Waals surface area contributed by atoms with Crippen LogP contribution in [-0.2, 0) is 15.9 Å². The van der Waals surface area contributed by atoms with E-state index < -0.39 is 17.0 Å². The van der Waals surface area contributed by atoms with Crippen LogP contribution in [0.15, 0.2) is 65.1 Å². The third kappa shape index (κ3) is 4.96. The number of halogens is 1. The molecule has 8 nitrogen and oxygen atoms in total. The first kappa shape index (κ1) is 21.3. The molecule has 0 spiro atoms. The van der Waals surface area contributed by atoms with E-state index in [0.717, 1.165) is 5.56 Å². The Balaban J connectivity index is 1.96. The van der Waals surface area contributed by atoms with Crippen molar-refractivity contribution in [2.24, 2.45) is 5.10 Å². The maximum Gasteiger partial charge on any atom is 0.513 e. The number of carbonyl (C=O) groups excluding carboxylic acids is 1. The Kier molecular flexibility index (Phi) is 6.68. The first-order chi connectivity index (χ1) is 14.4. The molecule has 1 aliphatic heterocycles. The van der Waals surface area contributed by atoms with Gasteiger partial charge in [0.05, 0.1) is 29.4 Å². The van der Waals surface area contributed by atoms with Gasteiger partial charge in [0.2, 0.25) is 0 Å². The van der Waals surface area contributed by atoms with Crippen LogP contribution in [0.5, 0.6) is 0 Å². The van der Waals surface area contributed by atoms with Gasteiger partial charge in [-0.05, 0) is 43.0 Å². The number of aryl methyl sites for hydroxylation is 1. The van der Waals surface area contributed by atoms with Crippen molar-refractivity contribution in [3.63, 3.8) is 0 Å². The number of rotatable bonds is 6. The van der Waals surface area contributed by atoms with E-state index in [0.29, 0.717) is 40.6 Å². The molecule has 30 heavy (non-hydrogen) atoms. The summed E-state index contributed by atoms with van der Waals surface area (Å²) in [5, 5.41) is 16.3. The molecule has 0 aromatic heterocycles. The quantitative estimate of drug-likeness (QED) is 0.396. The average molecular weight is 430 g/mol. The maximum absolute atomic E-state index is 11.8. The van der Waals surface area contributed by atoms with Crippen LogP contribution in [0.1, 0.15) is 30.4 Å². The van der Waals surface area contributed by atoms with Crippen molar-refractivity contribution in [3.05, 3.63) is 86.3 Å². The molecule has 1 N–H and O–H groups in total. The molecule has 1 atom stereocenters. The van der Waals surface area contributed by atoms with Gasteiger partial charge in [0.1, 0.15) is 5.76 Å². The zero-order valence-corrected chi connectivity index (χ0v) is 17.2. The van der Waals surface area contributed by atoms with Gasteiger partial charge >= 0.3 is 6.16 Å². The summed E-state index contributed by atoms with van der Waals surface area (Å²) in [6, 6.07) is 13.7. The summed E-state index contributed by atoms with van der Waals surface area (Å²) >= 11 is 6.07. The lowest BCUT2D eigenvalue weighted by atomic mass is 9.87. The minimum atomic E-state index is -0.877. The number of allylic oxidation sites excluding steroid dienone is 2. The Hall–Kier alpha value is -3.39.